The topological polar surface area (TPSA) is 95.7 Å². The number of carbonyl (C=O) groups is 1. The summed E-state index contributed by atoms with van der Waals surface area (Å²) in [5.41, 5.74) is -1.44. The fourth-order valence-electron chi connectivity index (χ4n) is 2.76. The first-order chi connectivity index (χ1) is 13.0. The summed E-state index contributed by atoms with van der Waals surface area (Å²) < 4.78 is 40.8. The number of nitrogens with zero attached hydrogens (tertiary/aromatic N) is 2. The Morgan fingerprint density at radius 2 is 1.89 bits per heavy atom. The Hall–Kier alpha value is -3.40. The summed E-state index contributed by atoms with van der Waals surface area (Å²) in [5, 5.41) is 21.3. The average molecular weight is 393 g/mol. The molecule has 146 valence electrons. The molecular weight excluding hydrogens is 379 g/mol. The van der Waals surface area contributed by atoms with Crippen LogP contribution in [0.1, 0.15) is 21.5 Å². The molecule has 2 aromatic carbocycles. The van der Waals surface area contributed by atoms with Gasteiger partial charge in [0.05, 0.1) is 10.6 Å². The number of amides is 1. The third-order valence-electron chi connectivity index (χ3n) is 4.17. The van der Waals surface area contributed by atoms with Crippen LogP contribution in [0.15, 0.2) is 54.6 Å². The zero-order valence-electron chi connectivity index (χ0n) is 14.4. The molecule has 3 rings (SSSR count). The molecule has 0 saturated carbocycles. The van der Waals surface area contributed by atoms with Crippen LogP contribution in [0.5, 0.6) is 0 Å². The summed E-state index contributed by atoms with van der Waals surface area (Å²) in [7, 11) is 0. The van der Waals surface area contributed by atoms with E-state index in [2.05, 4.69) is 5.43 Å². The van der Waals surface area contributed by atoms with Crippen molar-refractivity contribution in [3.8, 4) is 0 Å². The molecule has 1 aliphatic rings. The van der Waals surface area contributed by atoms with E-state index in [1.165, 1.54) is 36.4 Å². The van der Waals surface area contributed by atoms with Gasteiger partial charge in [-0.15, -0.1) is 0 Å². The van der Waals surface area contributed by atoms with E-state index >= 15 is 0 Å². The number of hydrogen-bond acceptors (Lipinski definition) is 5. The molecule has 1 heterocycles. The fourth-order valence-corrected chi connectivity index (χ4v) is 2.76. The fraction of sp³-hybridized carbons (Fsp3) is 0.167. The number of aryl methyl sites for hydroxylation is 1. The number of nitro groups is 1. The molecule has 1 atom stereocenters. The number of alkyl halides is 3. The number of hydrazine groups is 1. The zero-order valence-corrected chi connectivity index (χ0v) is 14.4. The van der Waals surface area contributed by atoms with E-state index in [0.717, 1.165) is 6.07 Å². The summed E-state index contributed by atoms with van der Waals surface area (Å²) >= 11 is 0. The molecule has 1 aliphatic heterocycles. The summed E-state index contributed by atoms with van der Waals surface area (Å²) in [6.07, 6.45) is -4.80. The quantitative estimate of drug-likeness (QED) is 0.617. The van der Waals surface area contributed by atoms with Gasteiger partial charge in [-0.1, -0.05) is 29.8 Å². The number of halogens is 3. The lowest BCUT2D eigenvalue weighted by atomic mass is 10.1. The predicted octanol–water partition coefficient (Wildman–Crippen LogP) is 3.16. The van der Waals surface area contributed by atoms with Gasteiger partial charge < -0.3 is 5.11 Å². The van der Waals surface area contributed by atoms with Gasteiger partial charge in [0.15, 0.2) is 0 Å². The molecule has 2 aromatic rings. The molecule has 0 radical (unpaired) electrons. The highest BCUT2D eigenvalue weighted by molar-refractivity contribution is 5.96. The van der Waals surface area contributed by atoms with Crippen LogP contribution < -0.4 is 5.43 Å². The van der Waals surface area contributed by atoms with Crippen molar-refractivity contribution in [1.82, 2.24) is 10.4 Å². The molecule has 1 amide bonds. The highest BCUT2D eigenvalue weighted by Gasteiger charge is 2.61. The lowest BCUT2D eigenvalue weighted by molar-refractivity contribution is -0.384. The number of non-ortho nitro benzene ring substituents is 1. The Kier molecular flexibility index (Phi) is 4.59. The van der Waals surface area contributed by atoms with Gasteiger partial charge in [-0.3, -0.25) is 20.3 Å². The van der Waals surface area contributed by atoms with Gasteiger partial charge >= 0.3 is 6.18 Å². The van der Waals surface area contributed by atoms with Crippen molar-refractivity contribution in [3.05, 3.63) is 81.4 Å². The molecule has 0 spiro atoms. The number of carbonyl (C=O) groups excluding carboxylic acids is 1. The predicted molar refractivity (Wildman–Crippen MR) is 92.6 cm³/mol. The SMILES string of the molecule is Cc1cccc(C(=O)N2NC(c3cccc([N+](=O)[O-])c3)=C[C@]2(O)C(F)(F)F)c1. The van der Waals surface area contributed by atoms with Gasteiger partial charge in [0.2, 0.25) is 0 Å². The third-order valence-corrected chi connectivity index (χ3v) is 4.17. The van der Waals surface area contributed by atoms with E-state index in [0.29, 0.717) is 11.6 Å². The molecule has 0 aliphatic carbocycles. The molecule has 0 bridgehead atoms. The minimum atomic E-state index is -5.22. The summed E-state index contributed by atoms with van der Waals surface area (Å²) in [5.74, 6) is -1.11. The molecule has 0 unspecified atom stereocenters. The average Bonchev–Trinajstić information content (AvgIpc) is 3.00. The molecule has 2 N–H and O–H groups in total. The minimum absolute atomic E-state index is 0.0106. The first kappa shape index (κ1) is 19.4. The van der Waals surface area contributed by atoms with E-state index in [1.807, 2.05) is 0 Å². The first-order valence-electron chi connectivity index (χ1n) is 7.97. The van der Waals surface area contributed by atoms with Gasteiger partial charge in [-0.05, 0) is 19.1 Å². The highest BCUT2D eigenvalue weighted by Crippen LogP contribution is 2.40. The van der Waals surface area contributed by atoms with E-state index < -0.39 is 22.7 Å². The number of aliphatic hydroxyl groups is 1. The van der Waals surface area contributed by atoms with E-state index in [9.17, 15) is 33.2 Å². The molecule has 28 heavy (non-hydrogen) atoms. The van der Waals surface area contributed by atoms with Gasteiger partial charge in [0.25, 0.3) is 17.3 Å². The smallest absolute Gasteiger partial charge is 0.359 e. The van der Waals surface area contributed by atoms with Crippen LogP contribution in [0, 0.1) is 17.0 Å². The van der Waals surface area contributed by atoms with Crippen molar-refractivity contribution in [1.29, 1.82) is 0 Å². The van der Waals surface area contributed by atoms with Crippen LogP contribution in [0.4, 0.5) is 18.9 Å². The minimum Gasteiger partial charge on any atom is -0.359 e. The van der Waals surface area contributed by atoms with Gasteiger partial charge in [-0.2, -0.15) is 13.2 Å². The Labute approximate surface area is 156 Å². The number of hydrogen-bond donors (Lipinski definition) is 2. The Bertz CT molecular complexity index is 990. The Morgan fingerprint density at radius 1 is 1.21 bits per heavy atom. The number of nitro benzene ring substituents is 1. The van der Waals surface area contributed by atoms with E-state index in [4.69, 9.17) is 0 Å². The molecule has 7 nitrogen and oxygen atoms in total. The van der Waals surface area contributed by atoms with Crippen LogP contribution in [0.25, 0.3) is 5.70 Å². The largest absolute Gasteiger partial charge is 0.442 e. The van der Waals surface area contributed by atoms with Crippen LogP contribution in [-0.4, -0.2) is 32.8 Å². The second-order valence-electron chi connectivity index (χ2n) is 6.21. The van der Waals surface area contributed by atoms with Crippen LogP contribution in [0.2, 0.25) is 0 Å². The number of benzene rings is 2. The third kappa shape index (κ3) is 3.29. The summed E-state index contributed by atoms with van der Waals surface area (Å²) in [4.78, 5) is 22.9. The number of rotatable bonds is 3. The first-order valence-corrected chi connectivity index (χ1v) is 7.97. The van der Waals surface area contributed by atoms with Crippen molar-refractivity contribution in [2.24, 2.45) is 0 Å². The van der Waals surface area contributed by atoms with Crippen molar-refractivity contribution < 1.29 is 28.0 Å². The Balaban J connectivity index is 2.05. The maximum Gasteiger partial charge on any atom is 0.442 e. The summed E-state index contributed by atoms with van der Waals surface area (Å²) in [6, 6.07) is 10.7. The van der Waals surface area contributed by atoms with Crippen LogP contribution in [-0.2, 0) is 0 Å². The normalized spacial score (nSPS) is 19.2. The van der Waals surface area contributed by atoms with Gasteiger partial charge in [0, 0.05) is 29.3 Å². The molecule has 0 saturated heterocycles. The second-order valence-corrected chi connectivity index (χ2v) is 6.21. The van der Waals surface area contributed by atoms with E-state index in [-0.39, 0.29) is 27.5 Å². The highest BCUT2D eigenvalue weighted by atomic mass is 19.4. The summed E-state index contributed by atoms with van der Waals surface area (Å²) in [6.45, 7) is 1.66. The van der Waals surface area contributed by atoms with Crippen molar-refractivity contribution in [2.75, 3.05) is 0 Å². The van der Waals surface area contributed by atoms with Gasteiger partial charge in [0.1, 0.15) is 0 Å². The maximum atomic E-state index is 13.6. The number of nitrogens with one attached hydrogen (secondary N) is 1. The Morgan fingerprint density at radius 3 is 2.50 bits per heavy atom. The van der Waals surface area contributed by atoms with Gasteiger partial charge in [-0.25, -0.2) is 5.01 Å². The van der Waals surface area contributed by atoms with Crippen LogP contribution >= 0.6 is 0 Å². The lowest BCUT2D eigenvalue weighted by Crippen LogP contribution is -2.60. The van der Waals surface area contributed by atoms with E-state index in [1.54, 1.807) is 13.0 Å². The molecule has 0 fully saturated rings. The molecular formula is C18H14F3N3O4. The van der Waals surface area contributed by atoms with Crippen LogP contribution in [0.3, 0.4) is 0 Å². The van der Waals surface area contributed by atoms with Crippen molar-refractivity contribution in [2.45, 2.75) is 18.8 Å². The lowest BCUT2D eigenvalue weighted by Gasteiger charge is -2.33. The van der Waals surface area contributed by atoms with Crippen molar-refractivity contribution >= 4 is 17.3 Å². The monoisotopic (exact) mass is 393 g/mol. The maximum absolute atomic E-state index is 13.6. The molecule has 0 aromatic heterocycles. The van der Waals surface area contributed by atoms with Crippen molar-refractivity contribution in [3.63, 3.8) is 0 Å². The second kappa shape index (κ2) is 6.64. The zero-order chi connectivity index (χ0) is 20.7. The standard InChI is InChI=1S/C18H14F3N3O4/c1-11-4-2-6-13(8-11)16(25)23-17(26,18(19,20)21)10-15(22-23)12-5-3-7-14(9-12)24(27)28/h2-10,22,26H,1H3/t17-/m0/s1. The molecule has 10 heteroatoms.